The van der Waals surface area contributed by atoms with Crippen LogP contribution in [0.25, 0.3) is 0 Å². The highest BCUT2D eigenvalue weighted by atomic mass is 79.9. The van der Waals surface area contributed by atoms with Crippen molar-refractivity contribution in [3.63, 3.8) is 0 Å². The van der Waals surface area contributed by atoms with E-state index < -0.39 is 36.4 Å². The number of nitrogens with two attached hydrogens (primary N) is 1. The monoisotopic (exact) mass is 732 g/mol. The van der Waals surface area contributed by atoms with Crippen LogP contribution in [-0.4, -0.2) is 49.5 Å². The maximum absolute atomic E-state index is 11.9. The smallest absolute Gasteiger partial charge is 0.380 e. The number of amides is 1. The highest BCUT2D eigenvalue weighted by Gasteiger charge is 2.49. The second-order valence-corrected chi connectivity index (χ2v) is 9.69. The van der Waals surface area contributed by atoms with Gasteiger partial charge in [-0.25, -0.2) is 9.59 Å². The highest BCUT2D eigenvalue weighted by Crippen LogP contribution is 2.22. The first-order chi connectivity index (χ1) is 18.6. The Morgan fingerprint density at radius 1 is 0.732 bits per heavy atom. The molecule has 0 saturated heterocycles. The molecule has 2 aromatic carbocycles. The summed E-state index contributed by atoms with van der Waals surface area (Å²) >= 11 is 6.71. The quantitative estimate of drug-likeness (QED) is 0.210. The summed E-state index contributed by atoms with van der Waals surface area (Å²) in [6, 6.07) is 11.8. The molecule has 0 heterocycles. The lowest BCUT2D eigenvalue weighted by Gasteiger charge is -2.09. The Morgan fingerprint density at radius 3 is 1.44 bits per heavy atom. The maximum Gasteiger partial charge on any atom is 0.491 e. The summed E-state index contributed by atoms with van der Waals surface area (Å²) in [5.41, 5.74) is 9.99. The molecular formula is C24H23Br2F9N2O4. The van der Waals surface area contributed by atoms with Crippen molar-refractivity contribution in [2.75, 3.05) is 13.1 Å². The average molecular weight is 734 g/mol. The van der Waals surface area contributed by atoms with E-state index in [0.29, 0.717) is 6.42 Å². The number of carbonyl (C=O) groups is 3. The number of carbonyl (C=O) groups excluding carboxylic acids is 3. The number of nitrogens with one attached hydrogen (secondary N) is 1. The predicted molar refractivity (Wildman–Crippen MR) is 136 cm³/mol. The van der Waals surface area contributed by atoms with Crippen molar-refractivity contribution < 1.29 is 58.6 Å². The standard InChI is InChI=1S/C11H11BrF3NO.C9H12BrN.C4F6O3/c1-7-6-9(12)3-2-8(7)4-5-16-10(17)11(13,14)15;1-7-6-9(10)3-2-8(7)4-5-11;5-3(6,7)1(11)13-2(12)4(8,9)10/h2-3,6H,4-5H2,1H3,(H,16,17);2-3,6H,4-5,11H2,1H3;. The molecule has 0 aliphatic carbocycles. The molecule has 6 nitrogen and oxygen atoms in total. The Kier molecular flexibility index (Phi) is 15.6. The third-order valence-corrected chi connectivity index (χ3v) is 5.60. The topological polar surface area (TPSA) is 98.5 Å². The number of halogens is 11. The summed E-state index contributed by atoms with van der Waals surface area (Å²) in [7, 11) is 0. The van der Waals surface area contributed by atoms with Gasteiger partial charge >= 0.3 is 36.4 Å². The van der Waals surface area contributed by atoms with Crippen molar-refractivity contribution in [3.05, 3.63) is 67.6 Å². The van der Waals surface area contributed by atoms with Crippen molar-refractivity contribution in [1.29, 1.82) is 0 Å². The molecule has 0 spiro atoms. The lowest BCUT2D eigenvalue weighted by Crippen LogP contribution is -2.37. The molecule has 230 valence electrons. The summed E-state index contributed by atoms with van der Waals surface area (Å²) in [4.78, 5) is 29.9. The summed E-state index contributed by atoms with van der Waals surface area (Å²) in [5, 5.41) is 1.84. The number of aryl methyl sites for hydroxylation is 2. The number of rotatable bonds is 5. The first kappa shape index (κ1) is 38.3. The van der Waals surface area contributed by atoms with Crippen LogP contribution in [0.5, 0.6) is 0 Å². The van der Waals surface area contributed by atoms with Crippen LogP contribution < -0.4 is 11.1 Å². The Morgan fingerprint density at radius 2 is 1.12 bits per heavy atom. The van der Waals surface area contributed by atoms with Gasteiger partial charge in [-0.3, -0.25) is 4.79 Å². The average Bonchev–Trinajstić information content (AvgIpc) is 2.81. The summed E-state index contributed by atoms with van der Waals surface area (Å²) in [6.45, 7) is 4.67. The van der Waals surface area contributed by atoms with E-state index >= 15 is 0 Å². The number of ether oxygens (including phenoxy) is 1. The van der Waals surface area contributed by atoms with Crippen LogP contribution in [0.4, 0.5) is 39.5 Å². The molecule has 0 atom stereocenters. The van der Waals surface area contributed by atoms with Gasteiger partial charge in [-0.05, 0) is 79.8 Å². The van der Waals surface area contributed by atoms with Gasteiger partial charge in [0, 0.05) is 15.5 Å². The second-order valence-electron chi connectivity index (χ2n) is 7.86. The Hall–Kier alpha value is -2.66. The van der Waals surface area contributed by atoms with E-state index in [2.05, 4.69) is 61.7 Å². The molecule has 2 aromatic rings. The molecule has 0 aromatic heterocycles. The zero-order valence-corrected chi connectivity index (χ0v) is 24.3. The Bertz CT molecular complexity index is 1160. The van der Waals surface area contributed by atoms with E-state index in [0.717, 1.165) is 33.0 Å². The molecule has 1 amide bonds. The largest absolute Gasteiger partial charge is 0.491 e. The minimum atomic E-state index is -5.62. The van der Waals surface area contributed by atoms with Gasteiger partial charge in [0.25, 0.3) is 0 Å². The first-order valence-electron chi connectivity index (χ1n) is 11.0. The number of alkyl halides is 9. The molecule has 0 unspecified atom stereocenters. The van der Waals surface area contributed by atoms with Crippen LogP contribution in [-0.2, 0) is 32.0 Å². The normalized spacial score (nSPS) is 11.4. The second kappa shape index (κ2) is 16.7. The highest BCUT2D eigenvalue weighted by molar-refractivity contribution is 9.10. The van der Waals surface area contributed by atoms with Crippen LogP contribution in [0, 0.1) is 13.8 Å². The summed E-state index contributed by atoms with van der Waals surface area (Å²) in [6.07, 6.45) is -14.7. The van der Waals surface area contributed by atoms with Crippen molar-refractivity contribution in [2.45, 2.75) is 45.2 Å². The lowest BCUT2D eigenvalue weighted by molar-refractivity contribution is -0.221. The van der Waals surface area contributed by atoms with Crippen LogP contribution in [0.3, 0.4) is 0 Å². The van der Waals surface area contributed by atoms with E-state index in [1.54, 1.807) is 0 Å². The number of hydrogen-bond acceptors (Lipinski definition) is 5. The van der Waals surface area contributed by atoms with Crippen LogP contribution >= 0.6 is 31.9 Å². The lowest BCUT2D eigenvalue weighted by atomic mass is 10.1. The molecule has 2 rings (SSSR count). The van der Waals surface area contributed by atoms with E-state index in [1.165, 1.54) is 11.1 Å². The Labute approximate surface area is 245 Å². The molecule has 0 radical (unpaired) electrons. The summed E-state index contributed by atoms with van der Waals surface area (Å²) < 4.78 is 107. The number of benzene rings is 2. The number of esters is 2. The van der Waals surface area contributed by atoms with Gasteiger partial charge in [-0.2, -0.15) is 39.5 Å². The predicted octanol–water partition coefficient (Wildman–Crippen LogP) is 6.42. The van der Waals surface area contributed by atoms with Gasteiger partial charge < -0.3 is 15.8 Å². The zero-order valence-electron chi connectivity index (χ0n) is 21.2. The molecule has 41 heavy (non-hydrogen) atoms. The van der Waals surface area contributed by atoms with E-state index in [9.17, 15) is 53.9 Å². The van der Waals surface area contributed by atoms with Gasteiger partial charge in [0.2, 0.25) is 0 Å². The fraction of sp³-hybridized carbons (Fsp3) is 0.375. The van der Waals surface area contributed by atoms with Crippen molar-refractivity contribution in [3.8, 4) is 0 Å². The third kappa shape index (κ3) is 15.8. The Balaban J connectivity index is 0.000000601. The first-order valence-corrected chi connectivity index (χ1v) is 12.6. The van der Waals surface area contributed by atoms with Gasteiger partial charge in [-0.15, -0.1) is 0 Å². The third-order valence-electron chi connectivity index (χ3n) is 4.61. The minimum absolute atomic E-state index is 0.0270. The van der Waals surface area contributed by atoms with E-state index in [1.807, 2.05) is 30.4 Å². The zero-order chi connectivity index (χ0) is 32.2. The molecule has 0 aliphatic heterocycles. The molecule has 0 aliphatic rings. The maximum atomic E-state index is 11.9. The SMILES string of the molecule is Cc1cc(Br)ccc1CCN.Cc1cc(Br)ccc1CCNC(=O)C(F)(F)F.O=C(OC(=O)C(F)(F)F)C(F)(F)F. The molecule has 0 bridgehead atoms. The van der Waals surface area contributed by atoms with E-state index in [4.69, 9.17) is 5.73 Å². The van der Waals surface area contributed by atoms with E-state index in [-0.39, 0.29) is 6.54 Å². The van der Waals surface area contributed by atoms with Crippen LogP contribution in [0.1, 0.15) is 22.3 Å². The minimum Gasteiger partial charge on any atom is -0.380 e. The molecule has 17 heteroatoms. The molecular weight excluding hydrogens is 711 g/mol. The van der Waals surface area contributed by atoms with Gasteiger partial charge in [0.05, 0.1) is 0 Å². The van der Waals surface area contributed by atoms with Gasteiger partial charge in [0.15, 0.2) is 0 Å². The fourth-order valence-electron chi connectivity index (χ4n) is 2.65. The van der Waals surface area contributed by atoms with Gasteiger partial charge in [0.1, 0.15) is 0 Å². The summed E-state index contributed by atoms with van der Waals surface area (Å²) in [5.74, 6) is -8.29. The van der Waals surface area contributed by atoms with Gasteiger partial charge in [-0.1, -0.05) is 44.0 Å². The fourth-order valence-corrected chi connectivity index (χ4v) is 3.60. The molecule has 0 fully saturated rings. The van der Waals surface area contributed by atoms with Crippen LogP contribution in [0.15, 0.2) is 45.3 Å². The van der Waals surface area contributed by atoms with Crippen molar-refractivity contribution >= 4 is 49.7 Å². The van der Waals surface area contributed by atoms with Crippen molar-refractivity contribution in [2.24, 2.45) is 5.73 Å². The number of hydrogen-bond donors (Lipinski definition) is 2. The molecule has 0 saturated carbocycles. The molecule has 3 N–H and O–H groups in total. The van der Waals surface area contributed by atoms with Crippen LogP contribution in [0.2, 0.25) is 0 Å². The van der Waals surface area contributed by atoms with Crippen molar-refractivity contribution in [1.82, 2.24) is 5.32 Å².